The fourth-order valence-corrected chi connectivity index (χ4v) is 2.28. The van der Waals surface area contributed by atoms with Crippen LogP contribution in [-0.4, -0.2) is 15.7 Å². The van der Waals surface area contributed by atoms with Crippen LogP contribution in [0.15, 0.2) is 73.1 Å². The molecule has 0 atom stereocenters. The van der Waals surface area contributed by atoms with Gasteiger partial charge in [0.05, 0.1) is 0 Å². The lowest BCUT2D eigenvalue weighted by atomic mass is 10.2. The molecular formula is C19H19N3O2. The number of carbonyl (C=O) groups is 1. The van der Waals surface area contributed by atoms with E-state index < -0.39 is 0 Å². The maximum absolute atomic E-state index is 11.9. The van der Waals surface area contributed by atoms with Crippen LogP contribution in [0.3, 0.4) is 0 Å². The van der Waals surface area contributed by atoms with Crippen LogP contribution in [0.2, 0.25) is 0 Å². The van der Waals surface area contributed by atoms with Gasteiger partial charge < -0.3 is 10.1 Å². The molecule has 0 saturated carbocycles. The van der Waals surface area contributed by atoms with Crippen molar-refractivity contribution in [2.24, 2.45) is 0 Å². The zero-order valence-corrected chi connectivity index (χ0v) is 13.3. The van der Waals surface area contributed by atoms with Crippen molar-refractivity contribution in [2.75, 3.05) is 0 Å². The Hall–Kier alpha value is -3.08. The predicted molar refractivity (Wildman–Crippen MR) is 91.3 cm³/mol. The number of rotatable bonds is 7. The molecule has 0 spiro atoms. The van der Waals surface area contributed by atoms with Crippen molar-refractivity contribution in [1.82, 2.24) is 15.1 Å². The quantitative estimate of drug-likeness (QED) is 0.728. The molecule has 1 N–H and O–H groups in total. The van der Waals surface area contributed by atoms with Crippen LogP contribution in [0.1, 0.15) is 11.1 Å². The van der Waals surface area contributed by atoms with Crippen molar-refractivity contribution >= 4 is 5.91 Å². The molecule has 1 aromatic heterocycles. The molecular weight excluding hydrogens is 302 g/mol. The van der Waals surface area contributed by atoms with Gasteiger partial charge in [-0.05, 0) is 29.3 Å². The highest BCUT2D eigenvalue weighted by molar-refractivity contribution is 5.75. The molecule has 3 rings (SSSR count). The van der Waals surface area contributed by atoms with Gasteiger partial charge in [-0.1, -0.05) is 42.5 Å². The third-order valence-corrected chi connectivity index (χ3v) is 3.50. The zero-order valence-electron chi connectivity index (χ0n) is 13.3. The first-order valence-electron chi connectivity index (χ1n) is 7.79. The van der Waals surface area contributed by atoms with Crippen LogP contribution in [0.5, 0.6) is 5.75 Å². The second-order valence-corrected chi connectivity index (χ2v) is 5.40. The Balaban J connectivity index is 1.50. The Labute approximate surface area is 140 Å². The molecule has 5 heteroatoms. The van der Waals surface area contributed by atoms with Crippen LogP contribution in [0.4, 0.5) is 0 Å². The first-order valence-corrected chi connectivity index (χ1v) is 7.79. The normalized spacial score (nSPS) is 10.3. The summed E-state index contributed by atoms with van der Waals surface area (Å²) in [7, 11) is 0. The average molecular weight is 321 g/mol. The molecule has 2 aromatic carbocycles. The Morgan fingerprint density at radius 1 is 1.04 bits per heavy atom. The van der Waals surface area contributed by atoms with Gasteiger partial charge in [0.2, 0.25) is 5.91 Å². The van der Waals surface area contributed by atoms with E-state index in [-0.39, 0.29) is 12.5 Å². The highest BCUT2D eigenvalue weighted by Gasteiger charge is 2.04. The second-order valence-electron chi connectivity index (χ2n) is 5.40. The molecule has 5 nitrogen and oxygen atoms in total. The maximum atomic E-state index is 11.9. The number of aromatic nitrogens is 2. The van der Waals surface area contributed by atoms with Crippen LogP contribution >= 0.6 is 0 Å². The molecule has 1 amide bonds. The van der Waals surface area contributed by atoms with E-state index in [1.165, 1.54) is 0 Å². The standard InChI is InChI=1S/C19H19N3O2/c23-19(14-22-11-5-10-21-22)20-13-17-8-4-9-18(12-17)24-15-16-6-2-1-3-7-16/h1-12H,13-15H2,(H,20,23). The SMILES string of the molecule is O=C(Cn1cccn1)NCc1cccc(OCc2ccccc2)c1. The van der Waals surface area contributed by atoms with Gasteiger partial charge in [-0.2, -0.15) is 5.10 Å². The molecule has 1 heterocycles. The minimum atomic E-state index is -0.0747. The van der Waals surface area contributed by atoms with E-state index in [4.69, 9.17) is 4.74 Å². The van der Waals surface area contributed by atoms with Crippen LogP contribution in [-0.2, 0) is 24.5 Å². The van der Waals surface area contributed by atoms with E-state index >= 15 is 0 Å². The monoisotopic (exact) mass is 321 g/mol. The van der Waals surface area contributed by atoms with E-state index in [0.717, 1.165) is 16.9 Å². The molecule has 0 bridgehead atoms. The summed E-state index contributed by atoms with van der Waals surface area (Å²) < 4.78 is 7.39. The van der Waals surface area contributed by atoms with E-state index in [1.807, 2.05) is 54.6 Å². The summed E-state index contributed by atoms with van der Waals surface area (Å²) in [5.74, 6) is 0.715. The first-order chi connectivity index (χ1) is 11.8. The summed E-state index contributed by atoms with van der Waals surface area (Å²) in [6.45, 7) is 1.20. The number of nitrogens with zero attached hydrogens (tertiary/aromatic N) is 2. The number of ether oxygens (including phenoxy) is 1. The van der Waals surface area contributed by atoms with Crippen molar-refractivity contribution in [2.45, 2.75) is 19.7 Å². The lowest BCUT2D eigenvalue weighted by Gasteiger charge is -2.09. The average Bonchev–Trinajstić information content (AvgIpc) is 3.12. The molecule has 0 aliphatic heterocycles. The van der Waals surface area contributed by atoms with Gasteiger partial charge >= 0.3 is 0 Å². The Morgan fingerprint density at radius 3 is 2.67 bits per heavy atom. The highest BCUT2D eigenvalue weighted by atomic mass is 16.5. The summed E-state index contributed by atoms with van der Waals surface area (Å²) in [4.78, 5) is 11.9. The van der Waals surface area contributed by atoms with Gasteiger partial charge in [0.25, 0.3) is 0 Å². The molecule has 0 aliphatic carbocycles. The van der Waals surface area contributed by atoms with Crippen molar-refractivity contribution in [3.05, 3.63) is 84.2 Å². The lowest BCUT2D eigenvalue weighted by Crippen LogP contribution is -2.27. The van der Waals surface area contributed by atoms with Crippen molar-refractivity contribution in [3.63, 3.8) is 0 Å². The fourth-order valence-electron chi connectivity index (χ4n) is 2.28. The minimum Gasteiger partial charge on any atom is -0.489 e. The van der Waals surface area contributed by atoms with Gasteiger partial charge in [0.1, 0.15) is 18.9 Å². The van der Waals surface area contributed by atoms with Gasteiger partial charge in [-0.25, -0.2) is 0 Å². The van der Waals surface area contributed by atoms with E-state index in [9.17, 15) is 4.79 Å². The minimum absolute atomic E-state index is 0.0747. The second kappa shape index (κ2) is 7.97. The van der Waals surface area contributed by atoms with Gasteiger partial charge in [0.15, 0.2) is 0 Å². The largest absolute Gasteiger partial charge is 0.489 e. The van der Waals surface area contributed by atoms with Gasteiger partial charge in [0, 0.05) is 18.9 Å². The first kappa shape index (κ1) is 15.8. The number of carbonyl (C=O) groups excluding carboxylic acids is 1. The third kappa shape index (κ3) is 4.71. The molecule has 0 radical (unpaired) electrons. The van der Waals surface area contributed by atoms with E-state index in [1.54, 1.807) is 23.1 Å². The summed E-state index contributed by atoms with van der Waals surface area (Å²) >= 11 is 0. The molecule has 0 fully saturated rings. The number of hydrogen-bond donors (Lipinski definition) is 1. The Bertz CT molecular complexity index is 770. The number of hydrogen-bond acceptors (Lipinski definition) is 3. The number of amides is 1. The number of benzene rings is 2. The van der Waals surface area contributed by atoms with Crippen LogP contribution in [0, 0.1) is 0 Å². The summed E-state index contributed by atoms with van der Waals surface area (Å²) in [5, 5.41) is 6.90. The topological polar surface area (TPSA) is 56.2 Å². The molecule has 0 unspecified atom stereocenters. The summed E-state index contributed by atoms with van der Waals surface area (Å²) in [5.41, 5.74) is 2.12. The van der Waals surface area contributed by atoms with Crippen molar-refractivity contribution in [3.8, 4) is 5.75 Å². The van der Waals surface area contributed by atoms with Crippen molar-refractivity contribution in [1.29, 1.82) is 0 Å². The molecule has 3 aromatic rings. The van der Waals surface area contributed by atoms with Crippen LogP contribution < -0.4 is 10.1 Å². The molecule has 122 valence electrons. The molecule has 0 aliphatic rings. The Kier molecular flexibility index (Phi) is 5.24. The van der Waals surface area contributed by atoms with Gasteiger partial charge in [-0.15, -0.1) is 0 Å². The van der Waals surface area contributed by atoms with Crippen LogP contribution in [0.25, 0.3) is 0 Å². The molecule has 0 saturated heterocycles. The van der Waals surface area contributed by atoms with E-state index in [0.29, 0.717) is 13.2 Å². The third-order valence-electron chi connectivity index (χ3n) is 3.50. The zero-order chi connectivity index (χ0) is 16.6. The number of nitrogens with one attached hydrogen (secondary N) is 1. The fraction of sp³-hybridized carbons (Fsp3) is 0.158. The predicted octanol–water partition coefficient (Wildman–Crippen LogP) is 2.78. The molecule has 24 heavy (non-hydrogen) atoms. The summed E-state index contributed by atoms with van der Waals surface area (Å²) in [6, 6.07) is 19.6. The Morgan fingerprint density at radius 2 is 1.88 bits per heavy atom. The van der Waals surface area contributed by atoms with Crippen molar-refractivity contribution < 1.29 is 9.53 Å². The van der Waals surface area contributed by atoms with Gasteiger partial charge in [-0.3, -0.25) is 9.48 Å². The lowest BCUT2D eigenvalue weighted by molar-refractivity contribution is -0.122. The maximum Gasteiger partial charge on any atom is 0.241 e. The highest BCUT2D eigenvalue weighted by Crippen LogP contribution is 2.15. The smallest absolute Gasteiger partial charge is 0.241 e. The van der Waals surface area contributed by atoms with E-state index in [2.05, 4.69) is 10.4 Å². The summed E-state index contributed by atoms with van der Waals surface area (Å²) in [6.07, 6.45) is 3.42.